The highest BCUT2D eigenvalue weighted by Gasteiger charge is 2.13. The first-order valence-electron chi connectivity index (χ1n) is 8.46. The van der Waals surface area contributed by atoms with Gasteiger partial charge in [-0.1, -0.05) is 24.3 Å². The molecule has 0 radical (unpaired) electrons. The lowest BCUT2D eigenvalue weighted by Crippen LogP contribution is -2.30. The van der Waals surface area contributed by atoms with E-state index in [1.165, 1.54) is 29.5 Å². The number of carbonyl (C=O) groups excluding carboxylic acids is 2. The molecule has 0 bridgehead atoms. The molecule has 3 aromatic rings. The Morgan fingerprint density at radius 2 is 1.93 bits per heavy atom. The molecule has 1 amide bonds. The molecule has 0 fully saturated rings. The van der Waals surface area contributed by atoms with Gasteiger partial charge in [-0.15, -0.1) is 11.3 Å². The van der Waals surface area contributed by atoms with Gasteiger partial charge in [0.1, 0.15) is 13.2 Å². The molecule has 3 rings (SSSR count). The van der Waals surface area contributed by atoms with Crippen molar-refractivity contribution < 1.29 is 19.2 Å². The van der Waals surface area contributed by atoms with Crippen LogP contribution in [0.15, 0.2) is 60.0 Å². The van der Waals surface area contributed by atoms with E-state index in [0.29, 0.717) is 10.8 Å². The van der Waals surface area contributed by atoms with Crippen molar-refractivity contribution in [3.8, 4) is 0 Å². The molecule has 0 aliphatic carbocycles. The summed E-state index contributed by atoms with van der Waals surface area (Å²) in [6.45, 7) is -0.390. The van der Waals surface area contributed by atoms with Crippen molar-refractivity contribution in [2.45, 2.75) is 6.61 Å². The quantitative estimate of drug-likeness (QED) is 0.331. The normalized spacial score (nSPS) is 10.2. The van der Waals surface area contributed by atoms with Crippen molar-refractivity contribution in [3.05, 3.63) is 81.3 Å². The van der Waals surface area contributed by atoms with Crippen LogP contribution in [0.5, 0.6) is 0 Å². The maximum absolute atomic E-state index is 12.0. The fourth-order valence-electron chi connectivity index (χ4n) is 2.30. The molecule has 2 N–H and O–H groups in total. The van der Waals surface area contributed by atoms with E-state index in [1.807, 2.05) is 30.3 Å². The Balaban J connectivity index is 1.45. The van der Waals surface area contributed by atoms with Crippen LogP contribution in [-0.4, -0.2) is 28.3 Å². The molecule has 2 aromatic carbocycles. The summed E-state index contributed by atoms with van der Waals surface area (Å²) in [4.78, 5) is 38.3. The molecular formula is C19H16N4O5S. The molecule has 0 aliphatic heterocycles. The molecule has 10 heteroatoms. The van der Waals surface area contributed by atoms with Crippen LogP contribution in [0.4, 0.5) is 16.5 Å². The van der Waals surface area contributed by atoms with Gasteiger partial charge in [0.05, 0.1) is 10.6 Å². The van der Waals surface area contributed by atoms with Gasteiger partial charge in [0, 0.05) is 28.8 Å². The van der Waals surface area contributed by atoms with E-state index >= 15 is 0 Å². The van der Waals surface area contributed by atoms with Crippen molar-refractivity contribution >= 4 is 39.7 Å². The van der Waals surface area contributed by atoms with E-state index in [0.717, 1.165) is 11.8 Å². The van der Waals surface area contributed by atoms with E-state index < -0.39 is 16.8 Å². The number of ether oxygens (including phenoxy) is 1. The van der Waals surface area contributed by atoms with Gasteiger partial charge in [-0.25, -0.2) is 4.98 Å². The van der Waals surface area contributed by atoms with Crippen LogP contribution >= 0.6 is 11.3 Å². The third-order valence-corrected chi connectivity index (χ3v) is 4.48. The van der Waals surface area contributed by atoms with Gasteiger partial charge in [-0.2, -0.15) is 0 Å². The number of amides is 1. The lowest BCUT2D eigenvalue weighted by Gasteiger charge is -2.06. The molecular weight excluding hydrogens is 396 g/mol. The maximum Gasteiger partial charge on any atom is 0.325 e. The summed E-state index contributed by atoms with van der Waals surface area (Å²) in [5.41, 5.74) is 1.35. The summed E-state index contributed by atoms with van der Waals surface area (Å²) >= 11 is 1.38. The van der Waals surface area contributed by atoms with E-state index in [1.54, 1.807) is 5.38 Å². The maximum atomic E-state index is 12.0. The SMILES string of the molecule is O=C(CNC(=O)c1cccc([N+](=O)[O-])c1)OCc1csc(Nc2ccccc2)n1. The van der Waals surface area contributed by atoms with Crippen molar-refractivity contribution in [2.24, 2.45) is 0 Å². The van der Waals surface area contributed by atoms with Gasteiger partial charge < -0.3 is 15.4 Å². The standard InChI is InChI=1S/C19H16N4O5S/c24-17(10-20-18(25)13-5-4-8-16(9-13)23(26)27)28-11-15-12-29-19(22-15)21-14-6-2-1-3-7-14/h1-9,12H,10-11H2,(H,20,25)(H,21,22). The molecule has 0 atom stereocenters. The number of thiazole rings is 1. The molecule has 0 saturated heterocycles. The minimum absolute atomic E-state index is 0.0293. The summed E-state index contributed by atoms with van der Waals surface area (Å²) in [7, 11) is 0. The molecule has 29 heavy (non-hydrogen) atoms. The molecule has 0 saturated carbocycles. The lowest BCUT2D eigenvalue weighted by molar-refractivity contribution is -0.384. The number of anilines is 2. The second-order valence-corrected chi connectivity index (χ2v) is 6.64. The first-order valence-corrected chi connectivity index (χ1v) is 9.34. The topological polar surface area (TPSA) is 123 Å². The number of carbonyl (C=O) groups is 2. The third kappa shape index (κ3) is 5.84. The number of hydrogen-bond donors (Lipinski definition) is 2. The summed E-state index contributed by atoms with van der Waals surface area (Å²) in [6.07, 6.45) is 0. The molecule has 0 spiro atoms. The van der Waals surface area contributed by atoms with Gasteiger partial charge in [-0.05, 0) is 18.2 Å². The van der Waals surface area contributed by atoms with Crippen molar-refractivity contribution in [2.75, 3.05) is 11.9 Å². The second-order valence-electron chi connectivity index (χ2n) is 5.79. The van der Waals surface area contributed by atoms with Crippen LogP contribution in [0, 0.1) is 10.1 Å². The van der Waals surface area contributed by atoms with Crippen LogP contribution in [0.1, 0.15) is 16.1 Å². The number of non-ortho nitro benzene ring substituents is 1. The summed E-state index contributed by atoms with van der Waals surface area (Å²) in [6, 6.07) is 14.8. The van der Waals surface area contributed by atoms with Gasteiger partial charge in [0.15, 0.2) is 5.13 Å². The summed E-state index contributed by atoms with van der Waals surface area (Å²) in [5, 5.41) is 18.7. The lowest BCUT2D eigenvalue weighted by atomic mass is 10.2. The summed E-state index contributed by atoms with van der Waals surface area (Å²) in [5.74, 6) is -1.25. The third-order valence-electron chi connectivity index (χ3n) is 3.67. The fourth-order valence-corrected chi connectivity index (χ4v) is 3.01. The smallest absolute Gasteiger partial charge is 0.325 e. The number of rotatable bonds is 8. The highest BCUT2D eigenvalue weighted by Crippen LogP contribution is 2.21. The minimum atomic E-state index is -0.644. The summed E-state index contributed by atoms with van der Waals surface area (Å²) < 4.78 is 5.09. The molecule has 0 aliphatic rings. The fraction of sp³-hybridized carbons (Fsp3) is 0.105. The number of benzene rings is 2. The van der Waals surface area contributed by atoms with Crippen LogP contribution < -0.4 is 10.6 Å². The number of nitro groups is 1. The van der Waals surface area contributed by atoms with E-state index in [4.69, 9.17) is 4.74 Å². The largest absolute Gasteiger partial charge is 0.458 e. The van der Waals surface area contributed by atoms with Crippen LogP contribution in [0.3, 0.4) is 0 Å². The molecule has 9 nitrogen and oxygen atoms in total. The monoisotopic (exact) mass is 412 g/mol. The average molecular weight is 412 g/mol. The average Bonchev–Trinajstić information content (AvgIpc) is 3.18. The van der Waals surface area contributed by atoms with Crippen molar-refractivity contribution in [1.82, 2.24) is 10.3 Å². The second kappa shape index (κ2) is 9.42. The van der Waals surface area contributed by atoms with Gasteiger partial charge >= 0.3 is 5.97 Å². The number of aromatic nitrogens is 1. The molecule has 0 unspecified atom stereocenters. The Bertz CT molecular complexity index is 1020. The molecule has 1 aromatic heterocycles. The molecule has 1 heterocycles. The minimum Gasteiger partial charge on any atom is -0.458 e. The zero-order chi connectivity index (χ0) is 20.6. The Hall–Kier alpha value is -3.79. The highest BCUT2D eigenvalue weighted by molar-refractivity contribution is 7.13. The van der Waals surface area contributed by atoms with Gasteiger partial charge in [-0.3, -0.25) is 19.7 Å². The van der Waals surface area contributed by atoms with Crippen molar-refractivity contribution in [1.29, 1.82) is 0 Å². The number of nitrogens with one attached hydrogen (secondary N) is 2. The van der Waals surface area contributed by atoms with Crippen LogP contribution in [0.2, 0.25) is 0 Å². The van der Waals surface area contributed by atoms with Crippen LogP contribution in [-0.2, 0) is 16.1 Å². The van der Waals surface area contributed by atoms with Gasteiger partial charge in [0.2, 0.25) is 0 Å². The predicted molar refractivity (Wildman–Crippen MR) is 107 cm³/mol. The Labute approximate surface area is 169 Å². The van der Waals surface area contributed by atoms with Crippen LogP contribution in [0.25, 0.3) is 0 Å². The number of hydrogen-bond acceptors (Lipinski definition) is 8. The number of para-hydroxylation sites is 1. The van der Waals surface area contributed by atoms with E-state index in [2.05, 4.69) is 15.6 Å². The van der Waals surface area contributed by atoms with Gasteiger partial charge in [0.25, 0.3) is 11.6 Å². The zero-order valence-electron chi connectivity index (χ0n) is 15.0. The number of nitrogens with zero attached hydrogens (tertiary/aromatic N) is 2. The Kier molecular flexibility index (Phi) is 6.48. The zero-order valence-corrected chi connectivity index (χ0v) is 15.8. The highest BCUT2D eigenvalue weighted by atomic mass is 32.1. The first-order chi connectivity index (χ1) is 14.0. The van der Waals surface area contributed by atoms with E-state index in [9.17, 15) is 19.7 Å². The predicted octanol–water partition coefficient (Wildman–Crippen LogP) is 3.27. The van der Waals surface area contributed by atoms with Crippen molar-refractivity contribution in [3.63, 3.8) is 0 Å². The number of esters is 1. The Morgan fingerprint density at radius 1 is 1.14 bits per heavy atom. The number of nitro benzene ring substituents is 1. The van der Waals surface area contributed by atoms with E-state index in [-0.39, 0.29) is 24.4 Å². The Morgan fingerprint density at radius 3 is 2.69 bits per heavy atom. The molecule has 148 valence electrons. The first kappa shape index (κ1) is 20.0.